The molecule has 0 aliphatic carbocycles. The fraction of sp³-hybridized carbons (Fsp3) is 0.200. The summed E-state index contributed by atoms with van der Waals surface area (Å²) in [5.41, 5.74) is 1.48. The van der Waals surface area contributed by atoms with Crippen molar-refractivity contribution in [2.45, 2.75) is 0 Å². The van der Waals surface area contributed by atoms with Gasteiger partial charge in [0.05, 0.1) is 0 Å². The predicted molar refractivity (Wildman–Crippen MR) is 99.9 cm³/mol. The molecular formula is C20H17BrN2O2. The highest BCUT2D eigenvalue weighted by Gasteiger charge is 2.24. The van der Waals surface area contributed by atoms with Gasteiger partial charge in [-0.1, -0.05) is 40.0 Å². The maximum absolute atomic E-state index is 12.5. The maximum atomic E-state index is 12.5. The summed E-state index contributed by atoms with van der Waals surface area (Å²) < 4.78 is 0.941. The second-order valence-corrected chi connectivity index (χ2v) is 6.62. The largest absolute Gasteiger partial charge is 0.335 e. The minimum atomic E-state index is -0.195. The average Bonchev–Trinajstić information content (AvgIpc) is 2.67. The van der Waals surface area contributed by atoms with Crippen LogP contribution >= 0.6 is 15.9 Å². The van der Waals surface area contributed by atoms with Crippen molar-refractivity contribution in [2.24, 2.45) is 0 Å². The molecule has 126 valence electrons. The van der Waals surface area contributed by atoms with Gasteiger partial charge in [0.25, 0.3) is 11.8 Å². The highest BCUT2D eigenvalue weighted by atomic mass is 79.9. The summed E-state index contributed by atoms with van der Waals surface area (Å²) >= 11 is 3.36. The lowest BCUT2D eigenvalue weighted by Gasteiger charge is -2.33. The zero-order valence-electron chi connectivity index (χ0n) is 13.6. The van der Waals surface area contributed by atoms with Gasteiger partial charge in [-0.2, -0.15) is 0 Å². The number of hydrogen-bond donors (Lipinski definition) is 0. The number of carbonyl (C=O) groups excluding carboxylic acids is 2. The molecule has 0 radical (unpaired) electrons. The Morgan fingerprint density at radius 3 is 2.08 bits per heavy atom. The quantitative estimate of drug-likeness (QED) is 0.695. The number of amides is 2. The van der Waals surface area contributed by atoms with E-state index < -0.39 is 0 Å². The average molecular weight is 397 g/mol. The number of hydrogen-bond acceptors (Lipinski definition) is 2. The van der Waals surface area contributed by atoms with Crippen LogP contribution in [0, 0.1) is 11.8 Å². The monoisotopic (exact) mass is 396 g/mol. The lowest BCUT2D eigenvalue weighted by Crippen LogP contribution is -2.50. The molecule has 1 fully saturated rings. The zero-order chi connectivity index (χ0) is 17.6. The Balaban J connectivity index is 1.56. The Morgan fingerprint density at radius 2 is 1.44 bits per heavy atom. The minimum Gasteiger partial charge on any atom is -0.335 e. The lowest BCUT2D eigenvalue weighted by molar-refractivity contribution is -0.126. The second kappa shape index (κ2) is 8.00. The molecule has 1 aliphatic heterocycles. The van der Waals surface area contributed by atoms with E-state index in [1.807, 2.05) is 42.5 Å². The number of nitrogens with zero attached hydrogens (tertiary/aromatic N) is 2. The molecule has 0 saturated carbocycles. The van der Waals surface area contributed by atoms with Crippen LogP contribution in [0.1, 0.15) is 15.9 Å². The molecule has 0 bridgehead atoms. The van der Waals surface area contributed by atoms with E-state index in [0.717, 1.165) is 10.0 Å². The molecule has 1 heterocycles. The van der Waals surface area contributed by atoms with Crippen LogP contribution in [0.5, 0.6) is 0 Å². The molecule has 0 spiro atoms. The molecule has 0 N–H and O–H groups in total. The highest BCUT2D eigenvalue weighted by molar-refractivity contribution is 9.10. The fourth-order valence-electron chi connectivity index (χ4n) is 2.61. The third-order valence-corrected chi connectivity index (χ3v) is 4.56. The molecule has 3 rings (SSSR count). The molecule has 4 nitrogen and oxygen atoms in total. The summed E-state index contributed by atoms with van der Waals surface area (Å²) in [7, 11) is 0. The van der Waals surface area contributed by atoms with E-state index in [4.69, 9.17) is 0 Å². The van der Waals surface area contributed by atoms with Crippen LogP contribution in [0.2, 0.25) is 0 Å². The van der Waals surface area contributed by atoms with Crippen LogP contribution < -0.4 is 0 Å². The van der Waals surface area contributed by atoms with Crippen molar-refractivity contribution in [3.8, 4) is 11.8 Å². The van der Waals surface area contributed by atoms with Gasteiger partial charge in [-0.3, -0.25) is 9.59 Å². The van der Waals surface area contributed by atoms with Crippen LogP contribution in [-0.4, -0.2) is 47.8 Å². The predicted octanol–water partition coefficient (Wildman–Crippen LogP) is 2.79. The van der Waals surface area contributed by atoms with E-state index in [9.17, 15) is 9.59 Å². The van der Waals surface area contributed by atoms with Crippen molar-refractivity contribution in [3.05, 3.63) is 70.2 Å². The third kappa shape index (κ3) is 4.49. The number of rotatable bonds is 1. The van der Waals surface area contributed by atoms with Gasteiger partial charge in [-0.15, -0.1) is 0 Å². The molecule has 2 aromatic rings. The van der Waals surface area contributed by atoms with Crippen molar-refractivity contribution in [2.75, 3.05) is 26.2 Å². The first-order chi connectivity index (χ1) is 12.1. The van der Waals surface area contributed by atoms with E-state index in [0.29, 0.717) is 31.7 Å². The van der Waals surface area contributed by atoms with Crippen molar-refractivity contribution >= 4 is 27.7 Å². The summed E-state index contributed by atoms with van der Waals surface area (Å²) in [6.45, 7) is 2.05. The van der Waals surface area contributed by atoms with E-state index in [-0.39, 0.29) is 11.8 Å². The number of piperazine rings is 1. The SMILES string of the molecule is O=C(C#Cc1ccccc1)N1CCN(C(=O)c2ccc(Br)cc2)CC1. The van der Waals surface area contributed by atoms with Crippen molar-refractivity contribution in [3.63, 3.8) is 0 Å². The Kier molecular flexibility index (Phi) is 5.52. The van der Waals surface area contributed by atoms with Crippen molar-refractivity contribution in [1.29, 1.82) is 0 Å². The van der Waals surface area contributed by atoms with Crippen LogP contribution in [0.3, 0.4) is 0 Å². The van der Waals surface area contributed by atoms with Gasteiger partial charge >= 0.3 is 0 Å². The normalized spacial score (nSPS) is 13.8. The Morgan fingerprint density at radius 1 is 0.840 bits per heavy atom. The third-order valence-electron chi connectivity index (χ3n) is 4.03. The molecule has 0 aromatic heterocycles. The standard InChI is InChI=1S/C20H17BrN2O2/c21-18-9-7-17(8-10-18)20(25)23-14-12-22(13-15-23)19(24)11-6-16-4-2-1-3-5-16/h1-5,7-10H,12-15H2. The Labute approximate surface area is 155 Å². The number of carbonyl (C=O) groups is 2. The maximum Gasteiger partial charge on any atom is 0.298 e. The molecule has 2 aromatic carbocycles. The summed E-state index contributed by atoms with van der Waals surface area (Å²) in [4.78, 5) is 28.1. The highest BCUT2D eigenvalue weighted by Crippen LogP contribution is 2.13. The zero-order valence-corrected chi connectivity index (χ0v) is 15.2. The molecule has 0 unspecified atom stereocenters. The van der Waals surface area contributed by atoms with Gasteiger partial charge in [0, 0.05) is 47.7 Å². The van der Waals surface area contributed by atoms with Crippen molar-refractivity contribution < 1.29 is 9.59 Å². The molecular weight excluding hydrogens is 380 g/mol. The Hall–Kier alpha value is -2.58. The second-order valence-electron chi connectivity index (χ2n) is 5.71. The van der Waals surface area contributed by atoms with E-state index in [1.165, 1.54) is 0 Å². The van der Waals surface area contributed by atoms with Gasteiger partial charge < -0.3 is 9.80 Å². The van der Waals surface area contributed by atoms with Gasteiger partial charge in [-0.25, -0.2) is 0 Å². The molecule has 0 atom stereocenters. The number of benzene rings is 2. The summed E-state index contributed by atoms with van der Waals surface area (Å²) in [5.74, 6) is 5.36. The smallest absolute Gasteiger partial charge is 0.298 e. The van der Waals surface area contributed by atoms with Crippen LogP contribution in [-0.2, 0) is 4.79 Å². The van der Waals surface area contributed by atoms with Gasteiger partial charge in [0.1, 0.15) is 0 Å². The fourth-order valence-corrected chi connectivity index (χ4v) is 2.88. The molecule has 25 heavy (non-hydrogen) atoms. The summed E-state index contributed by atoms with van der Waals surface area (Å²) in [6, 6.07) is 16.7. The van der Waals surface area contributed by atoms with Crippen molar-refractivity contribution in [1.82, 2.24) is 9.80 Å². The van der Waals surface area contributed by atoms with Crippen LogP contribution in [0.15, 0.2) is 59.1 Å². The first-order valence-electron chi connectivity index (χ1n) is 8.04. The Bertz CT molecular complexity index is 814. The van der Waals surface area contributed by atoms with E-state index in [2.05, 4.69) is 27.8 Å². The summed E-state index contributed by atoms with van der Waals surface area (Å²) in [6.07, 6.45) is 0. The topological polar surface area (TPSA) is 40.6 Å². The number of halogens is 1. The first-order valence-corrected chi connectivity index (χ1v) is 8.83. The first kappa shape index (κ1) is 17.2. The van der Waals surface area contributed by atoms with Crippen LogP contribution in [0.25, 0.3) is 0 Å². The van der Waals surface area contributed by atoms with Crippen LogP contribution in [0.4, 0.5) is 0 Å². The summed E-state index contributed by atoms with van der Waals surface area (Å²) in [5, 5.41) is 0. The lowest BCUT2D eigenvalue weighted by atomic mass is 10.2. The minimum absolute atomic E-state index is 0.00466. The molecule has 2 amide bonds. The molecule has 1 aliphatic rings. The van der Waals surface area contributed by atoms with Gasteiger partial charge in [-0.05, 0) is 36.4 Å². The van der Waals surface area contributed by atoms with E-state index >= 15 is 0 Å². The molecule has 1 saturated heterocycles. The molecule has 5 heteroatoms. The van der Waals surface area contributed by atoms with Gasteiger partial charge in [0.15, 0.2) is 0 Å². The van der Waals surface area contributed by atoms with Gasteiger partial charge in [0.2, 0.25) is 0 Å². The van der Waals surface area contributed by atoms with E-state index in [1.54, 1.807) is 21.9 Å².